The first-order chi connectivity index (χ1) is 9.05. The average molecular weight is 311 g/mol. The van der Waals surface area contributed by atoms with Gasteiger partial charge in [0.1, 0.15) is 0 Å². The first kappa shape index (κ1) is 16.4. The summed E-state index contributed by atoms with van der Waals surface area (Å²) >= 11 is 0. The molecule has 1 aromatic carbocycles. The SMILES string of the molecule is Cc1c(C(F)(F)F)cccc1S(=O)(=O)NCCC(=O)O. The molecule has 112 valence electrons. The zero-order chi connectivity index (χ0) is 15.6. The van der Waals surface area contributed by atoms with Gasteiger partial charge in [0, 0.05) is 6.54 Å². The quantitative estimate of drug-likeness (QED) is 0.868. The minimum absolute atomic E-state index is 0.395. The average Bonchev–Trinajstić information content (AvgIpc) is 2.26. The van der Waals surface area contributed by atoms with Crippen LogP contribution in [0.1, 0.15) is 17.5 Å². The molecule has 0 heterocycles. The van der Waals surface area contributed by atoms with Gasteiger partial charge in [0.15, 0.2) is 0 Å². The van der Waals surface area contributed by atoms with Crippen LogP contribution in [-0.2, 0) is 21.0 Å². The third-order valence-electron chi connectivity index (χ3n) is 2.51. The largest absolute Gasteiger partial charge is 0.481 e. The van der Waals surface area contributed by atoms with Crippen molar-refractivity contribution in [2.24, 2.45) is 0 Å². The van der Waals surface area contributed by atoms with Crippen LogP contribution in [0.4, 0.5) is 13.2 Å². The second kappa shape index (κ2) is 5.80. The topological polar surface area (TPSA) is 83.5 Å². The summed E-state index contributed by atoms with van der Waals surface area (Å²) in [6.07, 6.45) is -5.12. The van der Waals surface area contributed by atoms with Crippen LogP contribution in [-0.4, -0.2) is 26.0 Å². The standard InChI is InChI=1S/C11H12F3NO4S/c1-7-8(11(12,13)14)3-2-4-9(7)20(18,19)15-6-5-10(16)17/h2-4,15H,5-6H2,1H3,(H,16,17). The first-order valence-electron chi connectivity index (χ1n) is 5.44. The van der Waals surface area contributed by atoms with Crippen molar-refractivity contribution in [2.45, 2.75) is 24.4 Å². The van der Waals surface area contributed by atoms with Crippen LogP contribution >= 0.6 is 0 Å². The summed E-state index contributed by atoms with van der Waals surface area (Å²) in [7, 11) is -4.18. The number of nitrogens with one attached hydrogen (secondary N) is 1. The third-order valence-corrected chi connectivity index (χ3v) is 4.12. The summed E-state index contributed by atoms with van der Waals surface area (Å²) in [5.41, 5.74) is -1.47. The normalized spacial score (nSPS) is 12.4. The first-order valence-corrected chi connectivity index (χ1v) is 6.92. The Morgan fingerprint density at radius 2 is 1.95 bits per heavy atom. The Labute approximate surface area is 113 Å². The van der Waals surface area contributed by atoms with E-state index in [1.165, 1.54) is 0 Å². The lowest BCUT2D eigenvalue weighted by Gasteiger charge is -2.14. The molecule has 0 saturated carbocycles. The molecule has 1 aromatic rings. The van der Waals surface area contributed by atoms with Crippen molar-refractivity contribution in [2.75, 3.05) is 6.54 Å². The molecule has 0 aliphatic rings. The van der Waals surface area contributed by atoms with E-state index in [2.05, 4.69) is 0 Å². The van der Waals surface area contributed by atoms with Gasteiger partial charge in [-0.1, -0.05) is 6.07 Å². The molecule has 20 heavy (non-hydrogen) atoms. The van der Waals surface area contributed by atoms with Crippen LogP contribution in [0.5, 0.6) is 0 Å². The van der Waals surface area contributed by atoms with E-state index in [0.717, 1.165) is 25.1 Å². The van der Waals surface area contributed by atoms with Gasteiger partial charge in [-0.15, -0.1) is 0 Å². The molecule has 0 spiro atoms. The summed E-state index contributed by atoms with van der Waals surface area (Å²) < 4.78 is 63.7. The monoisotopic (exact) mass is 311 g/mol. The molecule has 9 heteroatoms. The molecule has 0 aliphatic carbocycles. The van der Waals surface area contributed by atoms with Gasteiger partial charge >= 0.3 is 12.1 Å². The number of carboxylic acids is 1. The number of benzene rings is 1. The second-order valence-corrected chi connectivity index (χ2v) is 5.70. The Kier molecular flexibility index (Phi) is 4.77. The van der Waals surface area contributed by atoms with Crippen LogP contribution in [0.25, 0.3) is 0 Å². The van der Waals surface area contributed by atoms with Crippen LogP contribution < -0.4 is 4.72 Å². The number of carbonyl (C=O) groups is 1. The molecule has 0 saturated heterocycles. The van der Waals surface area contributed by atoms with Gasteiger partial charge in [-0.25, -0.2) is 13.1 Å². The number of rotatable bonds is 5. The van der Waals surface area contributed by atoms with Gasteiger partial charge in [-0.2, -0.15) is 13.2 Å². The summed E-state index contributed by atoms with van der Waals surface area (Å²) in [6, 6.07) is 2.81. The molecule has 0 aliphatic heterocycles. The minimum atomic E-state index is -4.66. The molecule has 2 N–H and O–H groups in total. The van der Waals surface area contributed by atoms with E-state index in [-0.39, 0.29) is 0 Å². The predicted octanol–water partition coefficient (Wildman–Crippen LogP) is 1.77. The van der Waals surface area contributed by atoms with Crippen molar-refractivity contribution >= 4 is 16.0 Å². The van der Waals surface area contributed by atoms with Crippen LogP contribution in [0.2, 0.25) is 0 Å². The van der Waals surface area contributed by atoms with Crippen molar-refractivity contribution in [3.63, 3.8) is 0 Å². The van der Waals surface area contributed by atoms with E-state index in [9.17, 15) is 26.4 Å². The third kappa shape index (κ3) is 3.94. The van der Waals surface area contributed by atoms with Crippen molar-refractivity contribution < 1.29 is 31.5 Å². The van der Waals surface area contributed by atoms with Crippen molar-refractivity contribution in [3.05, 3.63) is 29.3 Å². The van der Waals surface area contributed by atoms with Crippen molar-refractivity contribution in [1.29, 1.82) is 0 Å². The molecule has 0 fully saturated rings. The fourth-order valence-corrected chi connectivity index (χ4v) is 2.88. The zero-order valence-electron chi connectivity index (χ0n) is 10.4. The van der Waals surface area contributed by atoms with Gasteiger partial charge in [0.25, 0.3) is 0 Å². The number of carboxylic acid groups (broad SMARTS) is 1. The number of sulfonamides is 1. The lowest BCUT2D eigenvalue weighted by Crippen LogP contribution is -2.27. The van der Waals surface area contributed by atoms with E-state index < -0.39 is 51.2 Å². The number of halogens is 3. The van der Waals surface area contributed by atoms with Gasteiger partial charge in [-0.3, -0.25) is 4.79 Å². The van der Waals surface area contributed by atoms with E-state index in [1.807, 2.05) is 4.72 Å². The zero-order valence-corrected chi connectivity index (χ0v) is 11.2. The van der Waals surface area contributed by atoms with Gasteiger partial charge < -0.3 is 5.11 Å². The number of hydrogen-bond acceptors (Lipinski definition) is 3. The Bertz CT molecular complexity index is 611. The predicted molar refractivity (Wildman–Crippen MR) is 63.6 cm³/mol. The highest BCUT2D eigenvalue weighted by Crippen LogP contribution is 2.34. The van der Waals surface area contributed by atoms with E-state index >= 15 is 0 Å². The molecule has 0 aromatic heterocycles. The van der Waals surface area contributed by atoms with Crippen LogP contribution in [0, 0.1) is 6.92 Å². The van der Waals surface area contributed by atoms with Gasteiger partial charge in [0.2, 0.25) is 10.0 Å². The van der Waals surface area contributed by atoms with Gasteiger partial charge in [0.05, 0.1) is 16.9 Å². The fourth-order valence-electron chi connectivity index (χ4n) is 1.58. The lowest BCUT2D eigenvalue weighted by molar-refractivity contribution is -0.138. The molecular formula is C11H12F3NO4S. The summed E-state index contributed by atoms with van der Waals surface area (Å²) in [6.45, 7) is 0.655. The Morgan fingerprint density at radius 3 is 2.45 bits per heavy atom. The molecule has 0 unspecified atom stereocenters. The fraction of sp³-hybridized carbons (Fsp3) is 0.364. The Balaban J connectivity index is 3.11. The van der Waals surface area contributed by atoms with Gasteiger partial charge in [-0.05, 0) is 24.6 Å². The second-order valence-electron chi connectivity index (χ2n) is 3.97. The summed E-state index contributed by atoms with van der Waals surface area (Å²) in [5.74, 6) is -1.21. The Morgan fingerprint density at radius 1 is 1.35 bits per heavy atom. The van der Waals surface area contributed by atoms with Crippen LogP contribution in [0.15, 0.2) is 23.1 Å². The summed E-state index contributed by atoms with van der Waals surface area (Å²) in [4.78, 5) is 9.77. The minimum Gasteiger partial charge on any atom is -0.481 e. The highest BCUT2D eigenvalue weighted by Gasteiger charge is 2.34. The maximum absolute atomic E-state index is 12.7. The molecule has 0 bridgehead atoms. The molecule has 0 atom stereocenters. The van der Waals surface area contributed by atoms with Crippen molar-refractivity contribution in [3.8, 4) is 0 Å². The van der Waals surface area contributed by atoms with E-state index in [0.29, 0.717) is 0 Å². The molecule has 1 rings (SSSR count). The van der Waals surface area contributed by atoms with Crippen molar-refractivity contribution in [1.82, 2.24) is 4.72 Å². The maximum atomic E-state index is 12.7. The highest BCUT2D eigenvalue weighted by atomic mass is 32.2. The van der Waals surface area contributed by atoms with Crippen LogP contribution in [0.3, 0.4) is 0 Å². The smallest absolute Gasteiger partial charge is 0.416 e. The van der Waals surface area contributed by atoms with E-state index in [4.69, 9.17) is 5.11 Å². The number of aliphatic carboxylic acids is 1. The molecule has 0 radical (unpaired) electrons. The van der Waals surface area contributed by atoms with E-state index in [1.54, 1.807) is 0 Å². The summed E-state index contributed by atoms with van der Waals surface area (Å²) in [5, 5.41) is 8.40. The number of hydrogen-bond donors (Lipinski definition) is 2. The number of alkyl halides is 3. The highest BCUT2D eigenvalue weighted by molar-refractivity contribution is 7.89. The Hall–Kier alpha value is -1.61. The maximum Gasteiger partial charge on any atom is 0.416 e. The lowest BCUT2D eigenvalue weighted by atomic mass is 10.1. The molecule has 5 nitrogen and oxygen atoms in total. The molecule has 0 amide bonds. The molecular weight excluding hydrogens is 299 g/mol.